The number of hydrogen-bond acceptors (Lipinski definition) is 3. The van der Waals surface area contributed by atoms with Gasteiger partial charge in [0.25, 0.3) is 0 Å². The molecule has 0 fully saturated rings. The molecule has 0 bridgehead atoms. The third-order valence-corrected chi connectivity index (χ3v) is 5.39. The molecule has 1 atom stereocenters. The van der Waals surface area contributed by atoms with Crippen LogP contribution in [0, 0.1) is 20.8 Å². The third-order valence-electron chi connectivity index (χ3n) is 4.39. The number of thioether (sulfide) groups is 1. The summed E-state index contributed by atoms with van der Waals surface area (Å²) < 4.78 is 5.15. The molecule has 2 aromatic rings. The Bertz CT molecular complexity index is 725. The highest BCUT2D eigenvalue weighted by Gasteiger charge is 2.13. The number of methoxy groups -OCH3 is 1. The predicted molar refractivity (Wildman–Crippen MR) is 106 cm³/mol. The number of hydrogen-bond donors (Lipinski definition) is 1. The van der Waals surface area contributed by atoms with Crippen LogP contribution in [0.1, 0.15) is 40.8 Å². The van der Waals surface area contributed by atoms with Crippen molar-refractivity contribution in [1.29, 1.82) is 0 Å². The largest absolute Gasteiger partial charge is 0.497 e. The summed E-state index contributed by atoms with van der Waals surface area (Å²) in [5, 5.41) is 3.11. The summed E-state index contributed by atoms with van der Waals surface area (Å²) in [7, 11) is 1.66. The van der Waals surface area contributed by atoms with Crippen LogP contribution in [0.15, 0.2) is 36.4 Å². The number of nitrogens with one attached hydrogen (secondary N) is 1. The van der Waals surface area contributed by atoms with Crippen LogP contribution in [0.4, 0.5) is 0 Å². The molecule has 25 heavy (non-hydrogen) atoms. The number of aryl methyl sites for hydroxylation is 3. The van der Waals surface area contributed by atoms with Crippen LogP contribution in [0.2, 0.25) is 0 Å². The van der Waals surface area contributed by atoms with Gasteiger partial charge in [0.2, 0.25) is 5.91 Å². The second kappa shape index (κ2) is 8.95. The lowest BCUT2D eigenvalue weighted by Crippen LogP contribution is -2.28. The Morgan fingerprint density at radius 2 is 1.72 bits per heavy atom. The number of rotatable bonds is 7. The fraction of sp³-hybridized carbons (Fsp3) is 0.381. The van der Waals surface area contributed by atoms with Gasteiger partial charge in [-0.2, -0.15) is 0 Å². The van der Waals surface area contributed by atoms with Crippen molar-refractivity contribution in [1.82, 2.24) is 5.32 Å². The summed E-state index contributed by atoms with van der Waals surface area (Å²) in [6.07, 6.45) is 0. The van der Waals surface area contributed by atoms with E-state index in [0.29, 0.717) is 5.75 Å². The molecule has 0 aromatic heterocycles. The first-order chi connectivity index (χ1) is 11.9. The molecule has 0 saturated carbocycles. The first-order valence-corrected chi connectivity index (χ1v) is 9.64. The molecule has 0 heterocycles. The fourth-order valence-electron chi connectivity index (χ4n) is 2.79. The summed E-state index contributed by atoms with van der Waals surface area (Å²) in [4.78, 5) is 12.2. The van der Waals surface area contributed by atoms with Crippen molar-refractivity contribution < 1.29 is 9.53 Å². The lowest BCUT2D eigenvalue weighted by Gasteiger charge is -2.18. The second-order valence-corrected chi connectivity index (χ2v) is 7.41. The maximum atomic E-state index is 12.2. The Hall–Kier alpha value is -1.94. The maximum Gasteiger partial charge on any atom is 0.230 e. The Balaban J connectivity index is 1.84. The highest BCUT2D eigenvalue weighted by atomic mass is 32.2. The highest BCUT2D eigenvalue weighted by Crippen LogP contribution is 2.22. The Labute approximate surface area is 155 Å². The van der Waals surface area contributed by atoms with E-state index in [-0.39, 0.29) is 11.9 Å². The molecular weight excluding hydrogens is 330 g/mol. The molecule has 0 aliphatic heterocycles. The minimum absolute atomic E-state index is 0.0217. The number of amides is 1. The molecule has 0 unspecified atom stereocenters. The van der Waals surface area contributed by atoms with Gasteiger partial charge in [0.1, 0.15) is 5.75 Å². The summed E-state index contributed by atoms with van der Waals surface area (Å²) in [5.74, 6) is 2.20. The van der Waals surface area contributed by atoms with E-state index in [1.165, 1.54) is 27.8 Å². The van der Waals surface area contributed by atoms with Crippen molar-refractivity contribution in [2.24, 2.45) is 0 Å². The van der Waals surface area contributed by atoms with E-state index in [4.69, 9.17) is 4.74 Å². The van der Waals surface area contributed by atoms with Gasteiger partial charge in [-0.3, -0.25) is 4.79 Å². The van der Waals surface area contributed by atoms with Gasteiger partial charge in [0.15, 0.2) is 0 Å². The minimum Gasteiger partial charge on any atom is -0.497 e. The SMILES string of the molecule is COc1ccc(CSCC(=O)N[C@@H](C)c2cc(C)c(C)cc2C)cc1. The molecule has 0 radical (unpaired) electrons. The van der Waals surface area contributed by atoms with E-state index in [1.54, 1.807) is 18.9 Å². The Morgan fingerprint density at radius 3 is 2.36 bits per heavy atom. The van der Waals surface area contributed by atoms with Gasteiger partial charge in [-0.05, 0) is 67.6 Å². The van der Waals surface area contributed by atoms with Gasteiger partial charge in [-0.25, -0.2) is 0 Å². The second-order valence-electron chi connectivity index (χ2n) is 6.42. The maximum absolute atomic E-state index is 12.2. The van der Waals surface area contributed by atoms with Gasteiger partial charge in [0.05, 0.1) is 18.9 Å². The third kappa shape index (κ3) is 5.53. The van der Waals surface area contributed by atoms with Crippen LogP contribution >= 0.6 is 11.8 Å². The number of carbonyl (C=O) groups excluding carboxylic acids is 1. The van der Waals surface area contributed by atoms with Gasteiger partial charge < -0.3 is 10.1 Å². The standard InChI is InChI=1S/C21H27NO2S/c1-14-10-16(3)20(11-15(14)2)17(4)22-21(23)13-25-12-18-6-8-19(24-5)9-7-18/h6-11,17H,12-13H2,1-5H3,(H,22,23)/t17-/m0/s1. The molecule has 0 spiro atoms. The van der Waals surface area contributed by atoms with Gasteiger partial charge >= 0.3 is 0 Å². The summed E-state index contributed by atoms with van der Waals surface area (Å²) in [6.45, 7) is 8.37. The summed E-state index contributed by atoms with van der Waals surface area (Å²) in [5.41, 5.74) is 6.15. The summed E-state index contributed by atoms with van der Waals surface area (Å²) in [6, 6.07) is 12.3. The average molecular weight is 358 g/mol. The lowest BCUT2D eigenvalue weighted by molar-refractivity contribution is -0.119. The van der Waals surface area contributed by atoms with Crippen molar-refractivity contribution in [2.45, 2.75) is 39.5 Å². The number of ether oxygens (including phenoxy) is 1. The fourth-order valence-corrected chi connectivity index (χ4v) is 3.59. The van der Waals surface area contributed by atoms with Gasteiger partial charge in [0, 0.05) is 5.75 Å². The predicted octanol–water partition coefficient (Wildman–Crippen LogP) is 4.73. The first-order valence-electron chi connectivity index (χ1n) is 8.48. The van der Waals surface area contributed by atoms with Gasteiger partial charge in [-0.1, -0.05) is 24.3 Å². The molecule has 0 aliphatic carbocycles. The average Bonchev–Trinajstić information content (AvgIpc) is 2.58. The lowest BCUT2D eigenvalue weighted by atomic mass is 9.96. The molecule has 134 valence electrons. The molecule has 0 saturated heterocycles. The molecule has 1 N–H and O–H groups in total. The molecule has 3 nitrogen and oxygen atoms in total. The zero-order valence-electron chi connectivity index (χ0n) is 15.7. The van der Waals surface area contributed by atoms with Crippen LogP contribution in [0.5, 0.6) is 5.75 Å². The molecule has 2 rings (SSSR count). The molecule has 4 heteroatoms. The van der Waals surface area contributed by atoms with E-state index < -0.39 is 0 Å². The zero-order valence-corrected chi connectivity index (χ0v) is 16.5. The van der Waals surface area contributed by atoms with Crippen LogP contribution in [0.3, 0.4) is 0 Å². The molecule has 0 aliphatic rings. The monoisotopic (exact) mass is 357 g/mol. The number of carbonyl (C=O) groups is 1. The van der Waals surface area contributed by atoms with Crippen molar-refractivity contribution in [3.8, 4) is 5.75 Å². The Kier molecular flexibility index (Phi) is 6.94. The van der Waals surface area contributed by atoms with Crippen LogP contribution in [-0.4, -0.2) is 18.8 Å². The van der Waals surface area contributed by atoms with Crippen LogP contribution in [-0.2, 0) is 10.5 Å². The smallest absolute Gasteiger partial charge is 0.230 e. The zero-order chi connectivity index (χ0) is 18.4. The van der Waals surface area contributed by atoms with Crippen LogP contribution in [0.25, 0.3) is 0 Å². The molecular formula is C21H27NO2S. The van der Waals surface area contributed by atoms with Crippen molar-refractivity contribution in [3.05, 3.63) is 64.2 Å². The quantitative estimate of drug-likeness (QED) is 0.778. The highest BCUT2D eigenvalue weighted by molar-refractivity contribution is 7.99. The van der Waals surface area contributed by atoms with Crippen molar-refractivity contribution in [3.63, 3.8) is 0 Å². The van der Waals surface area contributed by atoms with Crippen molar-refractivity contribution >= 4 is 17.7 Å². The van der Waals surface area contributed by atoms with Crippen LogP contribution < -0.4 is 10.1 Å². The topological polar surface area (TPSA) is 38.3 Å². The minimum atomic E-state index is 0.0217. The normalized spacial score (nSPS) is 11.9. The van der Waals surface area contributed by atoms with E-state index in [0.717, 1.165) is 11.5 Å². The molecule has 1 amide bonds. The molecule has 2 aromatic carbocycles. The van der Waals surface area contributed by atoms with E-state index in [9.17, 15) is 4.79 Å². The van der Waals surface area contributed by atoms with Gasteiger partial charge in [-0.15, -0.1) is 11.8 Å². The number of benzene rings is 2. The van der Waals surface area contributed by atoms with Crippen molar-refractivity contribution in [2.75, 3.05) is 12.9 Å². The first kappa shape index (κ1) is 19.4. The summed E-state index contributed by atoms with van der Waals surface area (Å²) >= 11 is 1.62. The van der Waals surface area contributed by atoms with E-state index in [2.05, 4.69) is 38.2 Å². The van der Waals surface area contributed by atoms with E-state index >= 15 is 0 Å². The Morgan fingerprint density at radius 1 is 1.08 bits per heavy atom. The van der Waals surface area contributed by atoms with E-state index in [1.807, 2.05) is 31.2 Å².